The first-order chi connectivity index (χ1) is 11.9. The first kappa shape index (κ1) is 18.6. The van der Waals surface area contributed by atoms with Gasteiger partial charge in [-0.15, -0.1) is 0 Å². The molecule has 0 atom stereocenters. The summed E-state index contributed by atoms with van der Waals surface area (Å²) in [5.74, 6) is -0.159. The Bertz CT molecular complexity index is 745. The minimum atomic E-state index is -3.01. The van der Waals surface area contributed by atoms with Crippen LogP contribution in [0, 0.1) is 17.0 Å². The Morgan fingerprint density at radius 1 is 1.32 bits per heavy atom. The molecule has 0 unspecified atom stereocenters. The number of benzene rings is 1. The smallest absolute Gasteiger partial charge is 0.387 e. The first-order valence-corrected chi connectivity index (χ1v) is 7.91. The van der Waals surface area contributed by atoms with Crippen LogP contribution in [0.3, 0.4) is 0 Å². The summed E-state index contributed by atoms with van der Waals surface area (Å²) in [5, 5.41) is 18.4. The quantitative estimate of drug-likeness (QED) is 0.543. The predicted molar refractivity (Wildman–Crippen MR) is 89.6 cm³/mol. The summed E-state index contributed by atoms with van der Waals surface area (Å²) in [6, 6.07) is 3.66. The van der Waals surface area contributed by atoms with Gasteiger partial charge in [0, 0.05) is 12.1 Å². The van der Waals surface area contributed by atoms with Crippen molar-refractivity contribution in [3.05, 3.63) is 40.2 Å². The molecule has 0 radical (unpaired) electrons. The van der Waals surface area contributed by atoms with Gasteiger partial charge in [0.15, 0.2) is 0 Å². The monoisotopic (exact) mass is 354 g/mol. The topological polar surface area (TPSA) is 82.2 Å². The number of anilines is 2. The van der Waals surface area contributed by atoms with E-state index >= 15 is 0 Å². The molecule has 0 amide bonds. The van der Waals surface area contributed by atoms with E-state index in [-0.39, 0.29) is 23.2 Å². The Balaban J connectivity index is 2.37. The van der Waals surface area contributed by atoms with Gasteiger partial charge in [-0.3, -0.25) is 14.8 Å². The lowest BCUT2D eigenvalue weighted by Gasteiger charge is -2.16. The molecular formula is C16H20F2N4O3. The van der Waals surface area contributed by atoms with Gasteiger partial charge in [-0.25, -0.2) is 0 Å². The number of aromatic nitrogens is 2. The zero-order valence-corrected chi connectivity index (χ0v) is 14.2. The largest absolute Gasteiger partial charge is 0.435 e. The van der Waals surface area contributed by atoms with E-state index in [0.29, 0.717) is 5.69 Å². The molecule has 7 nitrogen and oxygen atoms in total. The lowest BCUT2D eigenvalue weighted by molar-refractivity contribution is -0.383. The number of halogens is 2. The molecule has 1 aromatic carbocycles. The second-order valence-electron chi connectivity index (χ2n) is 5.50. The molecule has 0 bridgehead atoms. The van der Waals surface area contributed by atoms with Crippen LogP contribution in [0.15, 0.2) is 24.4 Å². The van der Waals surface area contributed by atoms with Crippen molar-refractivity contribution in [1.29, 1.82) is 0 Å². The third-order valence-electron chi connectivity index (χ3n) is 3.99. The molecule has 25 heavy (non-hydrogen) atoms. The molecule has 136 valence electrons. The van der Waals surface area contributed by atoms with Gasteiger partial charge in [-0.05, 0) is 25.8 Å². The molecule has 0 aliphatic rings. The van der Waals surface area contributed by atoms with E-state index in [0.717, 1.165) is 30.7 Å². The maximum absolute atomic E-state index is 12.4. The summed E-state index contributed by atoms with van der Waals surface area (Å²) in [4.78, 5) is 10.6. The van der Waals surface area contributed by atoms with Gasteiger partial charge in [0.2, 0.25) is 0 Å². The average Bonchev–Trinajstić information content (AvgIpc) is 2.89. The number of rotatable bonds is 8. The highest BCUT2D eigenvalue weighted by atomic mass is 19.3. The van der Waals surface area contributed by atoms with Gasteiger partial charge >= 0.3 is 6.61 Å². The second kappa shape index (κ2) is 7.91. The lowest BCUT2D eigenvalue weighted by atomic mass is 10.1. The van der Waals surface area contributed by atoms with Gasteiger partial charge in [0.1, 0.15) is 11.4 Å². The van der Waals surface area contributed by atoms with Crippen molar-refractivity contribution in [3.63, 3.8) is 0 Å². The fraction of sp³-hybridized carbons (Fsp3) is 0.438. The molecular weight excluding hydrogens is 334 g/mol. The molecule has 0 fully saturated rings. The minimum Gasteiger partial charge on any atom is -0.435 e. The average molecular weight is 354 g/mol. The summed E-state index contributed by atoms with van der Waals surface area (Å²) in [6.07, 6.45) is 3.37. The second-order valence-corrected chi connectivity index (χ2v) is 5.50. The van der Waals surface area contributed by atoms with E-state index in [1.165, 1.54) is 6.07 Å². The minimum absolute atomic E-state index is 0.0651. The van der Waals surface area contributed by atoms with Crippen molar-refractivity contribution >= 4 is 17.1 Å². The Hall–Kier alpha value is -2.71. The van der Waals surface area contributed by atoms with Crippen LogP contribution in [0.25, 0.3) is 0 Å². The Morgan fingerprint density at radius 3 is 2.56 bits per heavy atom. The number of nitrogens with zero attached hydrogens (tertiary/aromatic N) is 3. The summed E-state index contributed by atoms with van der Waals surface area (Å²) >= 11 is 0. The molecule has 9 heteroatoms. The Kier molecular flexibility index (Phi) is 5.89. The van der Waals surface area contributed by atoms with Gasteiger partial charge in [0.25, 0.3) is 5.69 Å². The standard InChI is InChI=1S/C16H20F2N4O3/c1-4-11(5-2)21-10(3)14(9-19-21)20-13-8-12(25-16(17)18)6-7-15(13)22(23)24/h6-9,11,16,20H,4-5H2,1-3H3. The molecule has 0 saturated carbocycles. The van der Waals surface area contributed by atoms with Crippen LogP contribution in [-0.2, 0) is 0 Å². The summed E-state index contributed by atoms with van der Waals surface area (Å²) in [6.45, 7) is 2.95. The van der Waals surface area contributed by atoms with E-state index in [4.69, 9.17) is 0 Å². The summed E-state index contributed by atoms with van der Waals surface area (Å²) < 4.78 is 30.9. The van der Waals surface area contributed by atoms with E-state index in [1.54, 1.807) is 6.20 Å². The molecule has 1 N–H and O–H groups in total. The molecule has 0 aliphatic carbocycles. The zero-order chi connectivity index (χ0) is 18.6. The SMILES string of the molecule is CCC(CC)n1ncc(Nc2cc(OC(F)F)ccc2[N+](=O)[O-])c1C. The predicted octanol–water partition coefficient (Wildman–Crippen LogP) is 4.81. The van der Waals surface area contributed by atoms with Gasteiger partial charge in [-0.1, -0.05) is 13.8 Å². The zero-order valence-electron chi connectivity index (χ0n) is 14.2. The van der Waals surface area contributed by atoms with Crippen LogP contribution in [0.1, 0.15) is 38.4 Å². The lowest BCUT2D eigenvalue weighted by Crippen LogP contribution is -2.10. The van der Waals surface area contributed by atoms with Gasteiger partial charge in [0.05, 0.1) is 28.5 Å². The van der Waals surface area contributed by atoms with Crippen molar-refractivity contribution < 1.29 is 18.4 Å². The fourth-order valence-corrected chi connectivity index (χ4v) is 2.64. The molecule has 0 aliphatic heterocycles. The summed E-state index contributed by atoms with van der Waals surface area (Å²) in [5.41, 5.74) is 1.21. The molecule has 2 rings (SSSR count). The Morgan fingerprint density at radius 2 is 2.00 bits per heavy atom. The Labute approximate surface area is 143 Å². The highest BCUT2D eigenvalue weighted by Gasteiger charge is 2.19. The maximum Gasteiger partial charge on any atom is 0.387 e. The van der Waals surface area contributed by atoms with Crippen LogP contribution in [0.2, 0.25) is 0 Å². The first-order valence-electron chi connectivity index (χ1n) is 7.91. The number of ether oxygens (including phenoxy) is 1. The molecule has 0 saturated heterocycles. The van der Waals surface area contributed by atoms with E-state index in [1.807, 2.05) is 11.6 Å². The maximum atomic E-state index is 12.4. The number of nitrogens with one attached hydrogen (secondary N) is 1. The van der Waals surface area contributed by atoms with Crippen molar-refractivity contribution in [2.45, 2.75) is 46.3 Å². The van der Waals surface area contributed by atoms with Crippen molar-refractivity contribution in [1.82, 2.24) is 9.78 Å². The van der Waals surface area contributed by atoms with Crippen molar-refractivity contribution in [2.24, 2.45) is 0 Å². The van der Waals surface area contributed by atoms with Crippen LogP contribution in [-0.4, -0.2) is 21.3 Å². The number of alkyl halides is 2. The van der Waals surface area contributed by atoms with Gasteiger partial charge < -0.3 is 10.1 Å². The fourth-order valence-electron chi connectivity index (χ4n) is 2.64. The van der Waals surface area contributed by atoms with Crippen LogP contribution in [0.5, 0.6) is 5.75 Å². The molecule has 1 heterocycles. The third kappa shape index (κ3) is 4.23. The van der Waals surface area contributed by atoms with E-state index < -0.39 is 11.5 Å². The summed E-state index contributed by atoms with van der Waals surface area (Å²) in [7, 11) is 0. The van der Waals surface area contributed by atoms with Crippen molar-refractivity contribution in [2.75, 3.05) is 5.32 Å². The van der Waals surface area contributed by atoms with Crippen LogP contribution < -0.4 is 10.1 Å². The van der Waals surface area contributed by atoms with Gasteiger partial charge in [-0.2, -0.15) is 13.9 Å². The van der Waals surface area contributed by atoms with E-state index in [9.17, 15) is 18.9 Å². The van der Waals surface area contributed by atoms with Crippen LogP contribution in [0.4, 0.5) is 25.8 Å². The number of hydrogen-bond donors (Lipinski definition) is 1. The van der Waals surface area contributed by atoms with Crippen molar-refractivity contribution in [3.8, 4) is 5.75 Å². The molecule has 0 spiro atoms. The normalized spacial score (nSPS) is 11.2. The molecule has 2 aromatic rings. The third-order valence-corrected chi connectivity index (χ3v) is 3.99. The number of hydrogen-bond acceptors (Lipinski definition) is 5. The molecule has 1 aromatic heterocycles. The number of nitro benzene ring substituents is 1. The highest BCUT2D eigenvalue weighted by Crippen LogP contribution is 2.33. The highest BCUT2D eigenvalue weighted by molar-refractivity contribution is 5.71. The van der Waals surface area contributed by atoms with Crippen LogP contribution >= 0.6 is 0 Å². The number of nitro groups is 1. The van der Waals surface area contributed by atoms with E-state index in [2.05, 4.69) is 29.0 Å².